The van der Waals surface area contributed by atoms with Crippen LogP contribution in [0.5, 0.6) is 0 Å². The van der Waals surface area contributed by atoms with E-state index in [-0.39, 0.29) is 11.9 Å². The Balaban J connectivity index is 1.77. The van der Waals surface area contributed by atoms with Crippen molar-refractivity contribution in [3.63, 3.8) is 0 Å². The van der Waals surface area contributed by atoms with E-state index < -0.39 is 0 Å². The molecule has 1 aliphatic carbocycles. The van der Waals surface area contributed by atoms with Crippen molar-refractivity contribution < 1.29 is 4.79 Å². The zero-order valence-electron chi connectivity index (χ0n) is 13.7. The van der Waals surface area contributed by atoms with Crippen molar-refractivity contribution in [2.24, 2.45) is 0 Å². The SMILES string of the molecule is Cc1ccc([C@H](C(=O)NC2CCCC2)N2CCCCC2)cc1. The molecule has 3 heteroatoms. The number of rotatable bonds is 4. The maximum Gasteiger partial charge on any atom is 0.242 e. The van der Waals surface area contributed by atoms with Gasteiger partial charge < -0.3 is 5.32 Å². The first-order valence-electron chi connectivity index (χ1n) is 8.85. The Hall–Kier alpha value is -1.35. The maximum absolute atomic E-state index is 12.9. The predicted octanol–water partition coefficient (Wildman–Crippen LogP) is 3.58. The number of hydrogen-bond donors (Lipinski definition) is 1. The summed E-state index contributed by atoms with van der Waals surface area (Å²) in [5.41, 5.74) is 2.39. The Morgan fingerprint density at radius 3 is 2.32 bits per heavy atom. The van der Waals surface area contributed by atoms with Crippen LogP contribution in [-0.2, 0) is 4.79 Å². The number of likely N-dealkylation sites (tertiary alicyclic amines) is 1. The molecule has 1 saturated carbocycles. The van der Waals surface area contributed by atoms with Crippen LogP contribution in [0.25, 0.3) is 0 Å². The molecule has 0 unspecified atom stereocenters. The molecule has 22 heavy (non-hydrogen) atoms. The van der Waals surface area contributed by atoms with Gasteiger partial charge in [-0.2, -0.15) is 0 Å². The van der Waals surface area contributed by atoms with Crippen LogP contribution in [0, 0.1) is 6.92 Å². The fourth-order valence-corrected chi connectivity index (χ4v) is 3.80. The molecule has 1 aliphatic heterocycles. The van der Waals surface area contributed by atoms with E-state index in [9.17, 15) is 4.79 Å². The monoisotopic (exact) mass is 300 g/mol. The molecule has 3 nitrogen and oxygen atoms in total. The normalized spacial score (nSPS) is 21.7. The van der Waals surface area contributed by atoms with E-state index in [4.69, 9.17) is 0 Å². The van der Waals surface area contributed by atoms with E-state index >= 15 is 0 Å². The third-order valence-electron chi connectivity index (χ3n) is 5.10. The number of carbonyl (C=O) groups is 1. The lowest BCUT2D eigenvalue weighted by atomic mass is 9.99. The van der Waals surface area contributed by atoms with Gasteiger partial charge in [-0.1, -0.05) is 49.1 Å². The zero-order valence-corrected chi connectivity index (χ0v) is 13.7. The molecular formula is C19H28N2O. The zero-order chi connectivity index (χ0) is 15.4. The summed E-state index contributed by atoms with van der Waals surface area (Å²) in [5.74, 6) is 0.206. The number of amides is 1. The molecule has 1 atom stereocenters. The molecule has 2 aliphatic rings. The summed E-state index contributed by atoms with van der Waals surface area (Å²) in [5, 5.41) is 3.31. The first-order chi connectivity index (χ1) is 10.7. The molecule has 120 valence electrons. The predicted molar refractivity (Wildman–Crippen MR) is 89.7 cm³/mol. The number of carbonyl (C=O) groups excluding carboxylic acids is 1. The van der Waals surface area contributed by atoms with E-state index in [1.807, 2.05) is 0 Å². The second kappa shape index (κ2) is 7.28. The number of piperidine rings is 1. The van der Waals surface area contributed by atoms with Gasteiger partial charge in [0.25, 0.3) is 0 Å². The van der Waals surface area contributed by atoms with Crippen LogP contribution in [-0.4, -0.2) is 29.9 Å². The number of nitrogens with one attached hydrogen (secondary N) is 1. The van der Waals surface area contributed by atoms with Gasteiger partial charge in [0.1, 0.15) is 6.04 Å². The smallest absolute Gasteiger partial charge is 0.242 e. The minimum Gasteiger partial charge on any atom is -0.352 e. The lowest BCUT2D eigenvalue weighted by molar-refractivity contribution is -0.127. The van der Waals surface area contributed by atoms with Gasteiger partial charge in [0.05, 0.1) is 0 Å². The summed E-state index contributed by atoms with van der Waals surface area (Å²) in [6.07, 6.45) is 8.51. The molecule has 0 bridgehead atoms. The van der Waals surface area contributed by atoms with E-state index in [0.29, 0.717) is 6.04 Å². The van der Waals surface area contributed by atoms with Gasteiger partial charge in [0.2, 0.25) is 5.91 Å². The summed E-state index contributed by atoms with van der Waals surface area (Å²) in [7, 11) is 0. The fourth-order valence-electron chi connectivity index (χ4n) is 3.80. The van der Waals surface area contributed by atoms with Crippen LogP contribution in [0.4, 0.5) is 0 Å². The Morgan fingerprint density at radius 1 is 1.05 bits per heavy atom. The lowest BCUT2D eigenvalue weighted by Crippen LogP contribution is -2.45. The van der Waals surface area contributed by atoms with Crippen LogP contribution in [0.1, 0.15) is 62.1 Å². The Labute approximate surface area is 134 Å². The highest BCUT2D eigenvalue weighted by molar-refractivity contribution is 5.83. The second-order valence-electron chi connectivity index (χ2n) is 6.90. The Bertz CT molecular complexity index is 485. The third kappa shape index (κ3) is 3.70. The number of benzene rings is 1. The second-order valence-corrected chi connectivity index (χ2v) is 6.90. The third-order valence-corrected chi connectivity index (χ3v) is 5.10. The number of hydrogen-bond acceptors (Lipinski definition) is 2. The first-order valence-corrected chi connectivity index (χ1v) is 8.85. The van der Waals surface area contributed by atoms with Crippen LogP contribution >= 0.6 is 0 Å². The van der Waals surface area contributed by atoms with Gasteiger partial charge in [-0.15, -0.1) is 0 Å². The summed E-state index contributed by atoms with van der Waals surface area (Å²) >= 11 is 0. The summed E-state index contributed by atoms with van der Waals surface area (Å²) in [6, 6.07) is 8.78. The molecule has 0 radical (unpaired) electrons. The quantitative estimate of drug-likeness (QED) is 0.922. The van der Waals surface area contributed by atoms with Gasteiger partial charge in [-0.05, 0) is 51.3 Å². The van der Waals surface area contributed by atoms with E-state index in [1.165, 1.54) is 37.7 Å². The van der Waals surface area contributed by atoms with Crippen LogP contribution in [0.15, 0.2) is 24.3 Å². The standard InChI is InChI=1S/C19H28N2O/c1-15-9-11-16(12-10-15)18(21-13-5-2-6-14-21)19(22)20-17-7-3-4-8-17/h9-12,17-18H,2-8,13-14H2,1H3,(H,20,22)/t18-/m1/s1. The molecule has 2 fully saturated rings. The van der Waals surface area contributed by atoms with E-state index in [1.54, 1.807) is 0 Å². The largest absolute Gasteiger partial charge is 0.352 e. The fraction of sp³-hybridized carbons (Fsp3) is 0.632. The molecule has 1 amide bonds. The van der Waals surface area contributed by atoms with Gasteiger partial charge >= 0.3 is 0 Å². The maximum atomic E-state index is 12.9. The average Bonchev–Trinajstić information content (AvgIpc) is 3.03. The molecular weight excluding hydrogens is 272 g/mol. The van der Waals surface area contributed by atoms with Crippen LogP contribution < -0.4 is 5.32 Å². The molecule has 3 rings (SSSR count). The van der Waals surface area contributed by atoms with Crippen LogP contribution in [0.2, 0.25) is 0 Å². The minimum absolute atomic E-state index is 0.110. The summed E-state index contributed by atoms with van der Waals surface area (Å²) in [6.45, 7) is 4.17. The molecule has 1 heterocycles. The van der Waals surface area contributed by atoms with Crippen molar-refractivity contribution >= 4 is 5.91 Å². The van der Waals surface area contributed by atoms with Crippen molar-refractivity contribution in [2.75, 3.05) is 13.1 Å². The highest BCUT2D eigenvalue weighted by Gasteiger charge is 2.30. The molecule has 0 spiro atoms. The molecule has 1 aromatic rings. The van der Waals surface area contributed by atoms with Gasteiger partial charge in [-0.25, -0.2) is 0 Å². The van der Waals surface area contributed by atoms with Crippen molar-refractivity contribution in [3.8, 4) is 0 Å². The van der Waals surface area contributed by atoms with E-state index in [2.05, 4.69) is 41.4 Å². The highest BCUT2D eigenvalue weighted by atomic mass is 16.2. The van der Waals surface area contributed by atoms with Gasteiger partial charge in [0, 0.05) is 6.04 Å². The number of aryl methyl sites for hydroxylation is 1. The molecule has 1 N–H and O–H groups in total. The minimum atomic E-state index is -0.110. The lowest BCUT2D eigenvalue weighted by Gasteiger charge is -2.34. The van der Waals surface area contributed by atoms with E-state index in [0.717, 1.165) is 31.5 Å². The van der Waals surface area contributed by atoms with Crippen molar-refractivity contribution in [2.45, 2.75) is 64.0 Å². The highest BCUT2D eigenvalue weighted by Crippen LogP contribution is 2.26. The van der Waals surface area contributed by atoms with Crippen molar-refractivity contribution in [1.82, 2.24) is 10.2 Å². The van der Waals surface area contributed by atoms with Gasteiger partial charge in [-0.3, -0.25) is 9.69 Å². The first kappa shape index (κ1) is 15.5. The van der Waals surface area contributed by atoms with Gasteiger partial charge in [0.15, 0.2) is 0 Å². The molecule has 1 aromatic carbocycles. The summed E-state index contributed by atoms with van der Waals surface area (Å²) in [4.78, 5) is 15.3. The summed E-state index contributed by atoms with van der Waals surface area (Å²) < 4.78 is 0. The molecule has 1 saturated heterocycles. The van der Waals surface area contributed by atoms with Crippen molar-refractivity contribution in [3.05, 3.63) is 35.4 Å². The average molecular weight is 300 g/mol. The number of nitrogens with zero attached hydrogens (tertiary/aromatic N) is 1. The molecule has 0 aromatic heterocycles. The topological polar surface area (TPSA) is 32.3 Å². The van der Waals surface area contributed by atoms with Crippen molar-refractivity contribution in [1.29, 1.82) is 0 Å². The Kier molecular flexibility index (Phi) is 5.14. The Morgan fingerprint density at radius 2 is 1.68 bits per heavy atom. The van der Waals surface area contributed by atoms with Crippen LogP contribution in [0.3, 0.4) is 0 Å².